The number of thiazole rings is 1. The van der Waals surface area contributed by atoms with E-state index >= 15 is 0 Å². The van der Waals surface area contributed by atoms with Gasteiger partial charge in [-0.3, -0.25) is 9.59 Å². The number of carbonyl (C=O) groups is 2. The molecule has 0 saturated carbocycles. The number of hydrogen-bond donors (Lipinski definition) is 0. The molecule has 1 atom stereocenters. The summed E-state index contributed by atoms with van der Waals surface area (Å²) in [5, 5.41) is 0.423. The van der Waals surface area contributed by atoms with Gasteiger partial charge in [-0.1, -0.05) is 22.9 Å². The molecule has 1 aromatic heterocycles. The molecule has 138 valence electrons. The van der Waals surface area contributed by atoms with Gasteiger partial charge >= 0.3 is 0 Å². The average Bonchev–Trinajstić information content (AvgIpc) is 2.87. The number of rotatable bonds is 5. The minimum absolute atomic E-state index is 0.0509. The van der Waals surface area contributed by atoms with Gasteiger partial charge in [-0.2, -0.15) is 4.99 Å². The van der Waals surface area contributed by atoms with Crippen LogP contribution < -0.4 is 9.54 Å². The van der Waals surface area contributed by atoms with Gasteiger partial charge in [-0.15, -0.1) is 0 Å². The Kier molecular flexibility index (Phi) is 5.60. The van der Waals surface area contributed by atoms with Crippen LogP contribution in [0.25, 0.3) is 0 Å². The molecular weight excluding hydrogens is 376 g/mol. The van der Waals surface area contributed by atoms with Gasteiger partial charge in [0.2, 0.25) is 0 Å². The number of aromatic nitrogens is 1. The van der Waals surface area contributed by atoms with Gasteiger partial charge in [0, 0.05) is 24.2 Å². The number of amides is 1. The molecule has 8 heteroatoms. The number of ketones is 1. The highest BCUT2D eigenvalue weighted by Crippen LogP contribution is 2.24. The second-order valence-corrected chi connectivity index (χ2v) is 7.42. The van der Waals surface area contributed by atoms with Crippen molar-refractivity contribution >= 4 is 34.6 Å². The summed E-state index contributed by atoms with van der Waals surface area (Å²) in [5.74, 6) is -0.119. The minimum atomic E-state index is -0.469. The second-order valence-electron chi connectivity index (χ2n) is 6.01. The lowest BCUT2D eigenvalue weighted by Gasteiger charge is -2.27. The Labute approximate surface area is 160 Å². The van der Waals surface area contributed by atoms with Gasteiger partial charge in [0.05, 0.1) is 30.2 Å². The van der Waals surface area contributed by atoms with Crippen molar-refractivity contribution in [2.24, 2.45) is 4.99 Å². The molecule has 3 rings (SSSR count). The monoisotopic (exact) mass is 394 g/mol. The van der Waals surface area contributed by atoms with E-state index in [1.54, 1.807) is 12.1 Å². The van der Waals surface area contributed by atoms with Crippen LogP contribution in [0.3, 0.4) is 0 Å². The molecule has 1 aliphatic heterocycles. The number of nitrogens with zero attached hydrogens (tertiary/aromatic N) is 2. The van der Waals surface area contributed by atoms with Gasteiger partial charge in [0.15, 0.2) is 10.6 Å². The topological polar surface area (TPSA) is 69.9 Å². The fraction of sp³-hybridized carbons (Fsp3) is 0.389. The van der Waals surface area contributed by atoms with Crippen molar-refractivity contribution in [2.75, 3.05) is 13.7 Å². The zero-order valence-electron chi connectivity index (χ0n) is 14.7. The van der Waals surface area contributed by atoms with E-state index in [0.717, 1.165) is 18.7 Å². The SMILES string of the molecule is COc1ccc(Cl)cc1C(=O)N=c1sc(C(C)=O)c(C)n1CC1CCO1. The molecule has 0 bridgehead atoms. The van der Waals surface area contributed by atoms with E-state index in [-0.39, 0.29) is 17.5 Å². The molecular formula is C18H19ClN2O4S. The molecule has 2 aromatic rings. The Morgan fingerprint density at radius 1 is 1.46 bits per heavy atom. The van der Waals surface area contributed by atoms with Crippen molar-refractivity contribution in [1.82, 2.24) is 4.57 Å². The summed E-state index contributed by atoms with van der Waals surface area (Å²) in [6.07, 6.45) is 1.03. The van der Waals surface area contributed by atoms with Crippen molar-refractivity contribution in [3.63, 3.8) is 0 Å². The van der Waals surface area contributed by atoms with Crippen LogP contribution in [0.4, 0.5) is 0 Å². The zero-order chi connectivity index (χ0) is 18.8. The van der Waals surface area contributed by atoms with Gasteiger partial charge in [-0.25, -0.2) is 0 Å². The Bertz CT molecular complexity index is 928. The maximum atomic E-state index is 12.7. The molecule has 1 aliphatic rings. The molecule has 1 fully saturated rings. The maximum absolute atomic E-state index is 12.7. The third kappa shape index (κ3) is 3.75. The number of ether oxygens (including phenoxy) is 2. The minimum Gasteiger partial charge on any atom is -0.496 e. The van der Waals surface area contributed by atoms with E-state index in [4.69, 9.17) is 21.1 Å². The van der Waals surface area contributed by atoms with Gasteiger partial charge in [0.1, 0.15) is 5.75 Å². The van der Waals surface area contributed by atoms with Crippen LogP contribution in [-0.4, -0.2) is 36.1 Å². The summed E-state index contributed by atoms with van der Waals surface area (Å²) in [5.41, 5.74) is 1.07. The fourth-order valence-corrected chi connectivity index (χ4v) is 3.94. The number of halogens is 1. The van der Waals surface area contributed by atoms with E-state index in [1.165, 1.54) is 31.4 Å². The third-order valence-corrected chi connectivity index (χ3v) is 5.76. The van der Waals surface area contributed by atoms with Crippen LogP contribution in [0.2, 0.25) is 5.02 Å². The Balaban J connectivity index is 2.06. The molecule has 1 saturated heterocycles. The van der Waals surface area contributed by atoms with E-state index in [9.17, 15) is 9.59 Å². The zero-order valence-corrected chi connectivity index (χ0v) is 16.3. The van der Waals surface area contributed by atoms with Crippen LogP contribution in [0.15, 0.2) is 23.2 Å². The first-order valence-electron chi connectivity index (χ1n) is 8.16. The van der Waals surface area contributed by atoms with Crippen molar-refractivity contribution < 1.29 is 19.1 Å². The standard InChI is InChI=1S/C18H19ClN2O4S/c1-10-16(11(2)22)26-18(21(10)9-13-6-7-25-13)20-17(23)14-8-12(19)4-5-15(14)24-3/h4-5,8,13H,6-7,9H2,1-3H3. The van der Waals surface area contributed by atoms with E-state index in [1.807, 2.05) is 11.5 Å². The summed E-state index contributed by atoms with van der Waals surface area (Å²) in [6, 6.07) is 4.80. The molecule has 1 unspecified atom stereocenters. The number of carbonyl (C=O) groups excluding carboxylic acids is 2. The average molecular weight is 395 g/mol. The number of methoxy groups -OCH3 is 1. The Morgan fingerprint density at radius 3 is 2.77 bits per heavy atom. The van der Waals surface area contributed by atoms with Crippen LogP contribution in [0, 0.1) is 6.92 Å². The largest absolute Gasteiger partial charge is 0.496 e. The van der Waals surface area contributed by atoms with Crippen molar-refractivity contribution in [3.05, 3.63) is 44.2 Å². The Hall–Kier alpha value is -1.96. The van der Waals surface area contributed by atoms with Crippen LogP contribution in [0.5, 0.6) is 5.75 Å². The van der Waals surface area contributed by atoms with Crippen LogP contribution in [-0.2, 0) is 11.3 Å². The Morgan fingerprint density at radius 2 is 2.19 bits per heavy atom. The van der Waals surface area contributed by atoms with E-state index in [2.05, 4.69) is 4.99 Å². The summed E-state index contributed by atoms with van der Waals surface area (Å²) in [7, 11) is 1.48. The van der Waals surface area contributed by atoms with Gasteiger partial charge in [-0.05, 0) is 31.5 Å². The molecule has 6 nitrogen and oxygen atoms in total. The number of Topliss-reactive ketones (excluding diaryl/α,β-unsaturated/α-hetero) is 1. The van der Waals surface area contributed by atoms with Gasteiger partial charge < -0.3 is 14.0 Å². The third-order valence-electron chi connectivity index (χ3n) is 4.25. The molecule has 1 amide bonds. The van der Waals surface area contributed by atoms with Crippen LogP contribution >= 0.6 is 22.9 Å². The first kappa shape index (κ1) is 18.8. The summed E-state index contributed by atoms with van der Waals surface area (Å²) < 4.78 is 12.6. The highest BCUT2D eigenvalue weighted by Gasteiger charge is 2.23. The number of benzene rings is 1. The second kappa shape index (κ2) is 7.73. The summed E-state index contributed by atoms with van der Waals surface area (Å²) in [4.78, 5) is 29.9. The fourth-order valence-electron chi connectivity index (χ4n) is 2.74. The first-order valence-corrected chi connectivity index (χ1v) is 9.35. The van der Waals surface area contributed by atoms with Crippen molar-refractivity contribution in [3.8, 4) is 5.75 Å². The van der Waals surface area contributed by atoms with E-state index < -0.39 is 5.91 Å². The molecule has 2 heterocycles. The van der Waals surface area contributed by atoms with E-state index in [0.29, 0.717) is 27.0 Å². The molecule has 0 N–H and O–H groups in total. The molecule has 0 spiro atoms. The highest BCUT2D eigenvalue weighted by atomic mass is 35.5. The first-order chi connectivity index (χ1) is 12.4. The lowest BCUT2D eigenvalue weighted by molar-refractivity contribution is -0.0598. The predicted octanol–water partition coefficient (Wildman–Crippen LogP) is 3.25. The quantitative estimate of drug-likeness (QED) is 0.730. The molecule has 0 radical (unpaired) electrons. The summed E-state index contributed by atoms with van der Waals surface area (Å²) in [6.45, 7) is 4.66. The molecule has 26 heavy (non-hydrogen) atoms. The maximum Gasteiger partial charge on any atom is 0.283 e. The number of hydrogen-bond acceptors (Lipinski definition) is 5. The summed E-state index contributed by atoms with van der Waals surface area (Å²) >= 11 is 7.21. The highest BCUT2D eigenvalue weighted by molar-refractivity contribution is 7.11. The van der Waals surface area contributed by atoms with Gasteiger partial charge in [0.25, 0.3) is 5.91 Å². The van der Waals surface area contributed by atoms with Crippen LogP contribution in [0.1, 0.15) is 39.1 Å². The predicted molar refractivity (Wildman–Crippen MR) is 99.3 cm³/mol. The smallest absolute Gasteiger partial charge is 0.283 e. The van der Waals surface area contributed by atoms with Crippen molar-refractivity contribution in [1.29, 1.82) is 0 Å². The lowest BCUT2D eigenvalue weighted by atomic mass is 10.2. The molecule has 0 aliphatic carbocycles. The lowest BCUT2D eigenvalue weighted by Crippen LogP contribution is -2.34. The molecule has 1 aromatic carbocycles. The normalized spacial score (nSPS) is 17.1. The van der Waals surface area contributed by atoms with Crippen molar-refractivity contribution in [2.45, 2.75) is 32.9 Å².